The van der Waals surface area contributed by atoms with E-state index in [0.29, 0.717) is 11.5 Å². The fourth-order valence-electron chi connectivity index (χ4n) is 2.24. The lowest BCUT2D eigenvalue weighted by Crippen LogP contribution is -1.97. The van der Waals surface area contributed by atoms with Gasteiger partial charge < -0.3 is 10.4 Å². The number of anilines is 2. The van der Waals surface area contributed by atoms with Crippen molar-refractivity contribution >= 4 is 33.4 Å². The number of hydrogen-bond donors (Lipinski definition) is 3. The number of phenols is 1. The molecule has 6 heteroatoms. The fourth-order valence-corrected chi connectivity index (χ4v) is 2.24. The quantitative estimate of drug-likeness (QED) is 0.524. The van der Waals surface area contributed by atoms with Gasteiger partial charge in [0, 0.05) is 22.7 Å². The third-order valence-corrected chi connectivity index (χ3v) is 3.29. The summed E-state index contributed by atoms with van der Waals surface area (Å²) in [7, 11) is 0. The molecule has 2 heterocycles. The van der Waals surface area contributed by atoms with E-state index in [0.717, 1.165) is 22.0 Å². The van der Waals surface area contributed by atoms with Gasteiger partial charge in [0.05, 0.1) is 11.7 Å². The Labute approximate surface area is 119 Å². The standard InChI is InChI=1S/C15H11N5O/c21-13-3-1-2-10-7-16-15(19-14(10)13)18-11-5-4-9-8-17-20-12(9)6-11/h1-8,21H,(H,17,20)(H,16,18,19). The van der Waals surface area contributed by atoms with E-state index < -0.39 is 0 Å². The number of nitrogens with one attached hydrogen (secondary N) is 2. The first-order valence-electron chi connectivity index (χ1n) is 6.44. The lowest BCUT2D eigenvalue weighted by atomic mass is 10.2. The van der Waals surface area contributed by atoms with Crippen LogP contribution in [0.4, 0.5) is 11.6 Å². The van der Waals surface area contributed by atoms with Gasteiger partial charge in [-0.1, -0.05) is 12.1 Å². The van der Waals surface area contributed by atoms with E-state index >= 15 is 0 Å². The molecule has 0 atom stereocenters. The van der Waals surface area contributed by atoms with Crippen LogP contribution < -0.4 is 5.32 Å². The number of fused-ring (bicyclic) bond motifs is 2. The van der Waals surface area contributed by atoms with Crippen LogP contribution in [0.5, 0.6) is 5.75 Å². The summed E-state index contributed by atoms with van der Waals surface area (Å²) in [4.78, 5) is 8.59. The van der Waals surface area contributed by atoms with Crippen LogP contribution in [0.1, 0.15) is 0 Å². The predicted molar refractivity (Wildman–Crippen MR) is 80.6 cm³/mol. The van der Waals surface area contributed by atoms with Gasteiger partial charge in [0.1, 0.15) is 11.3 Å². The number of benzene rings is 2. The number of aromatic amines is 1. The summed E-state index contributed by atoms with van der Waals surface area (Å²) in [5.41, 5.74) is 2.31. The summed E-state index contributed by atoms with van der Waals surface area (Å²) >= 11 is 0. The number of rotatable bonds is 2. The summed E-state index contributed by atoms with van der Waals surface area (Å²) in [6, 6.07) is 11.0. The van der Waals surface area contributed by atoms with Crippen molar-refractivity contribution in [3.05, 3.63) is 48.8 Å². The molecule has 0 fully saturated rings. The zero-order chi connectivity index (χ0) is 14.2. The van der Waals surface area contributed by atoms with E-state index in [1.807, 2.05) is 24.3 Å². The van der Waals surface area contributed by atoms with Gasteiger partial charge >= 0.3 is 0 Å². The van der Waals surface area contributed by atoms with Crippen LogP contribution in [-0.2, 0) is 0 Å². The Balaban J connectivity index is 1.74. The van der Waals surface area contributed by atoms with Crippen LogP contribution in [0.2, 0.25) is 0 Å². The Kier molecular flexibility index (Phi) is 2.47. The molecule has 2 aromatic heterocycles. The van der Waals surface area contributed by atoms with Crippen molar-refractivity contribution in [2.75, 3.05) is 5.32 Å². The second-order valence-electron chi connectivity index (χ2n) is 4.71. The Morgan fingerprint density at radius 2 is 2.00 bits per heavy atom. The average molecular weight is 277 g/mol. The van der Waals surface area contributed by atoms with E-state index in [2.05, 4.69) is 25.5 Å². The summed E-state index contributed by atoms with van der Waals surface area (Å²) < 4.78 is 0. The lowest BCUT2D eigenvalue weighted by Gasteiger charge is -2.06. The molecule has 21 heavy (non-hydrogen) atoms. The number of aromatic hydroxyl groups is 1. The molecule has 2 aromatic carbocycles. The zero-order valence-corrected chi connectivity index (χ0v) is 10.9. The van der Waals surface area contributed by atoms with Gasteiger partial charge in [-0.15, -0.1) is 0 Å². The lowest BCUT2D eigenvalue weighted by molar-refractivity contribution is 0.480. The van der Waals surface area contributed by atoms with Gasteiger partial charge in [0.2, 0.25) is 5.95 Å². The second kappa shape index (κ2) is 4.45. The molecule has 0 spiro atoms. The number of aromatic nitrogens is 4. The summed E-state index contributed by atoms with van der Waals surface area (Å²) in [6.45, 7) is 0. The third kappa shape index (κ3) is 2.02. The van der Waals surface area contributed by atoms with Crippen molar-refractivity contribution in [2.24, 2.45) is 0 Å². The molecule has 0 saturated heterocycles. The van der Waals surface area contributed by atoms with Crippen molar-refractivity contribution < 1.29 is 5.11 Å². The highest BCUT2D eigenvalue weighted by atomic mass is 16.3. The van der Waals surface area contributed by atoms with Gasteiger partial charge in [-0.05, 0) is 24.3 Å². The van der Waals surface area contributed by atoms with Gasteiger partial charge in [-0.3, -0.25) is 5.10 Å². The highest BCUT2D eigenvalue weighted by Gasteiger charge is 2.05. The molecular weight excluding hydrogens is 266 g/mol. The molecule has 6 nitrogen and oxygen atoms in total. The van der Waals surface area contributed by atoms with E-state index in [4.69, 9.17) is 0 Å². The van der Waals surface area contributed by atoms with Crippen molar-refractivity contribution in [1.82, 2.24) is 20.2 Å². The van der Waals surface area contributed by atoms with Gasteiger partial charge in [-0.2, -0.15) is 5.10 Å². The SMILES string of the molecule is Oc1cccc2cnc(Nc3ccc4cn[nH]c4c3)nc12. The van der Waals surface area contributed by atoms with E-state index in [9.17, 15) is 5.11 Å². The molecule has 0 amide bonds. The number of hydrogen-bond acceptors (Lipinski definition) is 5. The molecule has 0 bridgehead atoms. The molecule has 3 N–H and O–H groups in total. The molecule has 4 rings (SSSR count). The molecule has 0 aliphatic heterocycles. The first-order valence-corrected chi connectivity index (χ1v) is 6.44. The van der Waals surface area contributed by atoms with Crippen LogP contribution in [0.25, 0.3) is 21.8 Å². The van der Waals surface area contributed by atoms with Crippen molar-refractivity contribution in [2.45, 2.75) is 0 Å². The minimum atomic E-state index is 0.141. The maximum atomic E-state index is 9.84. The van der Waals surface area contributed by atoms with Crippen molar-refractivity contribution in [3.63, 3.8) is 0 Å². The number of nitrogens with zero attached hydrogens (tertiary/aromatic N) is 3. The highest BCUT2D eigenvalue weighted by Crippen LogP contribution is 2.24. The zero-order valence-electron chi connectivity index (χ0n) is 10.9. The highest BCUT2D eigenvalue weighted by molar-refractivity contribution is 5.85. The normalized spacial score (nSPS) is 11.0. The minimum absolute atomic E-state index is 0.141. The topological polar surface area (TPSA) is 86.7 Å². The van der Waals surface area contributed by atoms with Gasteiger partial charge in [0.25, 0.3) is 0 Å². The van der Waals surface area contributed by atoms with Crippen molar-refractivity contribution in [1.29, 1.82) is 0 Å². The third-order valence-electron chi connectivity index (χ3n) is 3.29. The van der Waals surface area contributed by atoms with Gasteiger partial charge in [-0.25, -0.2) is 9.97 Å². The van der Waals surface area contributed by atoms with Crippen LogP contribution in [-0.4, -0.2) is 25.3 Å². The summed E-state index contributed by atoms with van der Waals surface area (Å²) in [5.74, 6) is 0.574. The molecule has 0 aliphatic rings. The smallest absolute Gasteiger partial charge is 0.227 e. The van der Waals surface area contributed by atoms with E-state index in [1.165, 1.54) is 0 Å². The molecule has 0 radical (unpaired) electrons. The van der Waals surface area contributed by atoms with Crippen LogP contribution >= 0.6 is 0 Å². The molecule has 0 aliphatic carbocycles. The average Bonchev–Trinajstić information content (AvgIpc) is 2.96. The van der Waals surface area contributed by atoms with E-state index in [-0.39, 0.29) is 5.75 Å². The monoisotopic (exact) mass is 277 g/mol. The molecular formula is C15H11N5O. The second-order valence-corrected chi connectivity index (χ2v) is 4.71. The Morgan fingerprint density at radius 3 is 2.95 bits per heavy atom. The molecule has 0 unspecified atom stereocenters. The van der Waals surface area contributed by atoms with Crippen LogP contribution in [0.3, 0.4) is 0 Å². The number of phenolic OH excluding ortho intramolecular Hbond substituents is 1. The minimum Gasteiger partial charge on any atom is -0.506 e. The summed E-state index contributed by atoms with van der Waals surface area (Å²) in [5, 5.41) is 21.7. The van der Waals surface area contributed by atoms with Crippen LogP contribution in [0.15, 0.2) is 48.8 Å². The van der Waals surface area contributed by atoms with Crippen molar-refractivity contribution in [3.8, 4) is 5.75 Å². The Morgan fingerprint density at radius 1 is 1.05 bits per heavy atom. The van der Waals surface area contributed by atoms with Gasteiger partial charge in [0.15, 0.2) is 0 Å². The Hall–Kier alpha value is -3.15. The first kappa shape index (κ1) is 11.7. The Bertz CT molecular complexity index is 947. The largest absolute Gasteiger partial charge is 0.506 e. The maximum Gasteiger partial charge on any atom is 0.227 e. The van der Waals surface area contributed by atoms with E-state index in [1.54, 1.807) is 24.5 Å². The van der Waals surface area contributed by atoms with Crippen LogP contribution in [0, 0.1) is 0 Å². The maximum absolute atomic E-state index is 9.84. The fraction of sp³-hybridized carbons (Fsp3) is 0. The first-order chi connectivity index (χ1) is 10.3. The predicted octanol–water partition coefficient (Wildman–Crippen LogP) is 2.96. The molecule has 102 valence electrons. The molecule has 4 aromatic rings. The number of para-hydroxylation sites is 1. The molecule has 0 saturated carbocycles. The number of H-pyrrole nitrogens is 1. The summed E-state index contributed by atoms with van der Waals surface area (Å²) in [6.07, 6.45) is 3.45.